The molecule has 1 amide bonds. The van der Waals surface area contributed by atoms with Crippen molar-refractivity contribution in [2.24, 2.45) is 0 Å². The molecule has 0 saturated heterocycles. The second-order valence-corrected chi connectivity index (χ2v) is 8.65. The third-order valence-electron chi connectivity index (χ3n) is 4.36. The van der Waals surface area contributed by atoms with Gasteiger partial charge in [-0.1, -0.05) is 32.9 Å². The van der Waals surface area contributed by atoms with Crippen molar-refractivity contribution in [3.05, 3.63) is 58.3 Å². The van der Waals surface area contributed by atoms with Crippen LogP contribution in [0.4, 0.5) is 0 Å². The van der Waals surface area contributed by atoms with Crippen LogP contribution in [0.2, 0.25) is 0 Å². The lowest BCUT2D eigenvalue weighted by atomic mass is 9.87. The first-order valence-electron chi connectivity index (χ1n) is 8.86. The van der Waals surface area contributed by atoms with E-state index in [1.807, 2.05) is 32.9 Å². The zero-order valence-electron chi connectivity index (χ0n) is 16.6. The van der Waals surface area contributed by atoms with E-state index >= 15 is 0 Å². The molecule has 27 heavy (non-hydrogen) atoms. The molecule has 0 aliphatic rings. The SMILES string of the molecule is CC(C)(C)c1ccc(C(=O)Nn2cnc3c(cnn3C(C)(C)C)c2=O)cc1. The largest absolute Gasteiger partial charge is 0.283 e. The predicted octanol–water partition coefficient (Wildman–Crippen LogP) is 3.03. The van der Waals surface area contributed by atoms with Gasteiger partial charge in [0.15, 0.2) is 5.65 Å². The van der Waals surface area contributed by atoms with Gasteiger partial charge in [0.05, 0.1) is 11.7 Å². The average Bonchev–Trinajstić information content (AvgIpc) is 3.02. The summed E-state index contributed by atoms with van der Waals surface area (Å²) in [6.07, 6.45) is 2.80. The van der Waals surface area contributed by atoms with E-state index in [0.29, 0.717) is 16.6 Å². The second kappa shape index (κ2) is 6.33. The van der Waals surface area contributed by atoms with E-state index in [1.165, 1.54) is 12.5 Å². The minimum absolute atomic E-state index is 0.00805. The van der Waals surface area contributed by atoms with E-state index < -0.39 is 0 Å². The molecule has 3 aromatic rings. The summed E-state index contributed by atoms with van der Waals surface area (Å²) in [5.74, 6) is -0.373. The number of benzene rings is 1. The minimum atomic E-state index is -0.373. The lowest BCUT2D eigenvalue weighted by Crippen LogP contribution is -2.33. The Morgan fingerprint density at radius 3 is 2.22 bits per heavy atom. The summed E-state index contributed by atoms with van der Waals surface area (Å²) < 4.78 is 2.79. The first kappa shape index (κ1) is 18.8. The molecule has 3 rings (SSSR count). The fourth-order valence-electron chi connectivity index (χ4n) is 2.78. The van der Waals surface area contributed by atoms with E-state index in [4.69, 9.17) is 0 Å². The maximum Gasteiger partial charge on any atom is 0.283 e. The topological polar surface area (TPSA) is 81.8 Å². The van der Waals surface area contributed by atoms with Gasteiger partial charge in [0, 0.05) is 5.56 Å². The number of carbonyl (C=O) groups excluding carboxylic acids is 1. The van der Waals surface area contributed by atoms with Crippen molar-refractivity contribution in [2.75, 3.05) is 5.43 Å². The maximum atomic E-state index is 12.7. The first-order valence-corrected chi connectivity index (χ1v) is 8.86. The molecular weight excluding hydrogens is 342 g/mol. The molecule has 0 unspecified atom stereocenters. The van der Waals surface area contributed by atoms with Gasteiger partial charge in [-0.05, 0) is 43.9 Å². The molecule has 7 nitrogen and oxygen atoms in total. The quantitative estimate of drug-likeness (QED) is 0.755. The summed E-state index contributed by atoms with van der Waals surface area (Å²) in [4.78, 5) is 29.5. The van der Waals surface area contributed by atoms with Gasteiger partial charge in [0.25, 0.3) is 11.5 Å². The molecule has 0 radical (unpaired) electrons. The highest BCUT2D eigenvalue weighted by Gasteiger charge is 2.20. The number of carbonyl (C=O) groups is 1. The minimum Gasteiger partial charge on any atom is -0.267 e. The standard InChI is InChI=1S/C20H25N5O2/c1-19(2,3)14-9-7-13(8-10-14)17(26)23-24-12-21-16-15(18(24)27)11-22-25(16)20(4,5)6/h7-12H,1-6H3,(H,23,26). The van der Waals surface area contributed by atoms with E-state index in [-0.39, 0.29) is 22.4 Å². The number of aromatic nitrogens is 4. The number of nitrogens with zero attached hydrogens (tertiary/aromatic N) is 4. The van der Waals surface area contributed by atoms with E-state index in [1.54, 1.807) is 16.8 Å². The predicted molar refractivity (Wildman–Crippen MR) is 106 cm³/mol. The van der Waals surface area contributed by atoms with E-state index in [0.717, 1.165) is 10.2 Å². The van der Waals surface area contributed by atoms with Crippen LogP contribution in [0.15, 0.2) is 41.6 Å². The first-order chi connectivity index (χ1) is 12.5. The number of amides is 1. The van der Waals surface area contributed by atoms with Gasteiger partial charge in [0.1, 0.15) is 11.7 Å². The summed E-state index contributed by atoms with van der Waals surface area (Å²) in [6.45, 7) is 12.3. The fraction of sp³-hybridized carbons (Fsp3) is 0.400. The molecule has 7 heteroatoms. The smallest absolute Gasteiger partial charge is 0.267 e. The van der Waals surface area contributed by atoms with Crippen molar-refractivity contribution < 1.29 is 4.79 Å². The molecule has 1 aromatic carbocycles. The normalized spacial score (nSPS) is 12.4. The number of nitrogens with one attached hydrogen (secondary N) is 1. The van der Waals surface area contributed by atoms with Gasteiger partial charge < -0.3 is 0 Å². The van der Waals surface area contributed by atoms with E-state index in [2.05, 4.69) is 36.3 Å². The van der Waals surface area contributed by atoms with Gasteiger partial charge in [-0.25, -0.2) is 14.3 Å². The molecule has 0 fully saturated rings. The Kier molecular flexibility index (Phi) is 4.41. The molecule has 0 spiro atoms. The summed E-state index contributed by atoms with van der Waals surface area (Å²) in [5.41, 5.74) is 4.03. The van der Waals surface area contributed by atoms with Crippen LogP contribution in [0.1, 0.15) is 57.5 Å². The van der Waals surface area contributed by atoms with Crippen LogP contribution in [0.3, 0.4) is 0 Å². The Morgan fingerprint density at radius 2 is 1.67 bits per heavy atom. The van der Waals surface area contributed by atoms with Crippen molar-refractivity contribution in [3.8, 4) is 0 Å². The second-order valence-electron chi connectivity index (χ2n) is 8.65. The van der Waals surface area contributed by atoms with Crippen LogP contribution in [-0.2, 0) is 11.0 Å². The molecule has 0 atom stereocenters. The van der Waals surface area contributed by atoms with Crippen LogP contribution in [0.25, 0.3) is 11.0 Å². The Balaban J connectivity index is 1.89. The highest BCUT2D eigenvalue weighted by molar-refractivity contribution is 6.00. The molecule has 0 saturated carbocycles. The van der Waals surface area contributed by atoms with Gasteiger partial charge in [0.2, 0.25) is 0 Å². The third-order valence-corrected chi connectivity index (χ3v) is 4.36. The monoisotopic (exact) mass is 367 g/mol. The van der Waals surface area contributed by atoms with Gasteiger partial charge in [-0.2, -0.15) is 5.10 Å². The highest BCUT2D eigenvalue weighted by Crippen LogP contribution is 2.22. The average molecular weight is 367 g/mol. The number of fused-ring (bicyclic) bond motifs is 1. The fourth-order valence-corrected chi connectivity index (χ4v) is 2.78. The lowest BCUT2D eigenvalue weighted by molar-refractivity contribution is 0.101. The van der Waals surface area contributed by atoms with Crippen LogP contribution in [-0.4, -0.2) is 25.3 Å². The summed E-state index contributed by atoms with van der Waals surface area (Å²) >= 11 is 0. The lowest BCUT2D eigenvalue weighted by Gasteiger charge is -2.19. The zero-order chi connectivity index (χ0) is 20.0. The molecule has 0 bridgehead atoms. The molecule has 2 aromatic heterocycles. The van der Waals surface area contributed by atoms with Crippen LogP contribution >= 0.6 is 0 Å². The maximum absolute atomic E-state index is 12.7. The number of rotatable bonds is 2. The van der Waals surface area contributed by atoms with Crippen molar-refractivity contribution in [3.63, 3.8) is 0 Å². The van der Waals surface area contributed by atoms with Crippen molar-refractivity contribution >= 4 is 16.9 Å². The Hall–Kier alpha value is -2.96. The summed E-state index contributed by atoms with van der Waals surface area (Å²) in [6, 6.07) is 7.36. The van der Waals surface area contributed by atoms with Crippen LogP contribution < -0.4 is 11.0 Å². The molecular formula is C20H25N5O2. The van der Waals surface area contributed by atoms with Crippen molar-refractivity contribution in [1.82, 2.24) is 19.4 Å². The Bertz CT molecular complexity index is 1050. The van der Waals surface area contributed by atoms with Gasteiger partial charge >= 0.3 is 0 Å². The van der Waals surface area contributed by atoms with Gasteiger partial charge in [-0.3, -0.25) is 15.0 Å². The van der Waals surface area contributed by atoms with Crippen molar-refractivity contribution in [2.45, 2.75) is 52.5 Å². The highest BCUT2D eigenvalue weighted by atomic mass is 16.2. The molecule has 0 aliphatic carbocycles. The number of hydrogen-bond acceptors (Lipinski definition) is 4. The van der Waals surface area contributed by atoms with E-state index in [9.17, 15) is 9.59 Å². The third kappa shape index (κ3) is 3.63. The molecule has 142 valence electrons. The zero-order valence-corrected chi connectivity index (χ0v) is 16.6. The van der Waals surface area contributed by atoms with Crippen LogP contribution in [0.5, 0.6) is 0 Å². The molecule has 2 heterocycles. The number of hydrogen-bond donors (Lipinski definition) is 1. The Morgan fingerprint density at radius 1 is 1.04 bits per heavy atom. The molecule has 1 N–H and O–H groups in total. The van der Waals surface area contributed by atoms with Crippen LogP contribution in [0, 0.1) is 0 Å². The summed E-state index contributed by atoms with van der Waals surface area (Å²) in [5, 5.41) is 4.62. The molecule has 0 aliphatic heterocycles. The summed E-state index contributed by atoms with van der Waals surface area (Å²) in [7, 11) is 0. The Labute approximate surface area is 158 Å². The van der Waals surface area contributed by atoms with Crippen molar-refractivity contribution in [1.29, 1.82) is 0 Å². The van der Waals surface area contributed by atoms with Gasteiger partial charge in [-0.15, -0.1) is 0 Å².